The van der Waals surface area contributed by atoms with Gasteiger partial charge in [0.25, 0.3) is 0 Å². The number of likely N-dealkylation sites (N-methyl/N-ethyl adjacent to an activating group) is 1. The molecule has 1 saturated heterocycles. The Bertz CT molecular complexity index is 283. The molecule has 2 rings (SSSR count). The molecule has 2 unspecified atom stereocenters. The van der Waals surface area contributed by atoms with E-state index in [1.807, 2.05) is 11.3 Å². The van der Waals surface area contributed by atoms with Crippen LogP contribution in [0.2, 0.25) is 0 Å². The highest BCUT2D eigenvalue weighted by Gasteiger charge is 2.22. The molecule has 1 aliphatic rings. The van der Waals surface area contributed by atoms with Crippen molar-refractivity contribution in [3.8, 4) is 0 Å². The summed E-state index contributed by atoms with van der Waals surface area (Å²) in [5.41, 5.74) is 0. The molecule has 1 aromatic rings. The molecule has 4 heteroatoms. The number of hydrogen-bond donors (Lipinski definition) is 1. The molecule has 0 spiro atoms. The van der Waals surface area contributed by atoms with E-state index in [2.05, 4.69) is 41.7 Å². The van der Waals surface area contributed by atoms with Crippen LogP contribution in [0.1, 0.15) is 30.7 Å². The van der Waals surface area contributed by atoms with E-state index in [1.165, 1.54) is 24.3 Å². The SMILES string of the molecule is CC(c1cccs1)N(C)C1CCCNC1.Cl. The molecule has 0 radical (unpaired) electrons. The quantitative estimate of drug-likeness (QED) is 0.899. The van der Waals surface area contributed by atoms with Crippen LogP contribution < -0.4 is 5.32 Å². The molecule has 2 nitrogen and oxygen atoms in total. The van der Waals surface area contributed by atoms with Crippen LogP contribution in [0, 0.1) is 0 Å². The number of nitrogens with one attached hydrogen (secondary N) is 1. The highest BCUT2D eigenvalue weighted by Crippen LogP contribution is 2.26. The minimum absolute atomic E-state index is 0. The van der Waals surface area contributed by atoms with Crippen molar-refractivity contribution in [2.24, 2.45) is 0 Å². The molecule has 92 valence electrons. The molecule has 2 atom stereocenters. The molecule has 0 aromatic carbocycles. The maximum atomic E-state index is 3.48. The predicted octanol–water partition coefficient (Wildman–Crippen LogP) is 2.91. The van der Waals surface area contributed by atoms with Crippen molar-refractivity contribution < 1.29 is 0 Å². The van der Waals surface area contributed by atoms with Gasteiger partial charge in [-0.05, 0) is 44.8 Å². The standard InChI is InChI=1S/C12H20N2S.ClH/c1-10(12-6-4-8-15-12)14(2)11-5-3-7-13-9-11;/h4,6,8,10-11,13H,3,5,7,9H2,1-2H3;1H. The second-order valence-electron chi connectivity index (χ2n) is 4.36. The minimum atomic E-state index is 0. The van der Waals surface area contributed by atoms with Gasteiger partial charge in [0.2, 0.25) is 0 Å². The average molecular weight is 261 g/mol. The van der Waals surface area contributed by atoms with Gasteiger partial charge in [-0.1, -0.05) is 6.07 Å². The van der Waals surface area contributed by atoms with Crippen molar-refractivity contribution in [3.63, 3.8) is 0 Å². The lowest BCUT2D eigenvalue weighted by Crippen LogP contribution is -2.44. The Morgan fingerprint density at radius 1 is 1.56 bits per heavy atom. The van der Waals surface area contributed by atoms with E-state index in [-0.39, 0.29) is 12.4 Å². The summed E-state index contributed by atoms with van der Waals surface area (Å²) in [6, 6.07) is 5.64. The lowest BCUT2D eigenvalue weighted by atomic mass is 10.0. The van der Waals surface area contributed by atoms with Gasteiger partial charge in [-0.3, -0.25) is 4.90 Å². The first-order valence-corrected chi connectivity index (χ1v) is 6.63. The summed E-state index contributed by atoms with van der Waals surface area (Å²) in [6.07, 6.45) is 2.64. The van der Waals surface area contributed by atoms with E-state index < -0.39 is 0 Å². The fraction of sp³-hybridized carbons (Fsp3) is 0.667. The van der Waals surface area contributed by atoms with Crippen LogP contribution in [0.3, 0.4) is 0 Å². The Morgan fingerprint density at radius 2 is 2.38 bits per heavy atom. The highest BCUT2D eigenvalue weighted by molar-refractivity contribution is 7.10. The summed E-state index contributed by atoms with van der Waals surface area (Å²) in [5.74, 6) is 0. The van der Waals surface area contributed by atoms with Crippen molar-refractivity contribution >= 4 is 23.7 Å². The molecular formula is C12H21ClN2S. The first kappa shape index (κ1) is 14.0. The van der Waals surface area contributed by atoms with E-state index in [0.717, 1.165) is 6.54 Å². The summed E-state index contributed by atoms with van der Waals surface area (Å²) in [7, 11) is 2.25. The molecule has 0 amide bonds. The molecule has 16 heavy (non-hydrogen) atoms. The number of rotatable bonds is 3. The molecular weight excluding hydrogens is 240 g/mol. The van der Waals surface area contributed by atoms with Gasteiger partial charge in [0.05, 0.1) is 0 Å². The van der Waals surface area contributed by atoms with Gasteiger partial charge in [0.15, 0.2) is 0 Å². The Labute approximate surface area is 108 Å². The van der Waals surface area contributed by atoms with E-state index in [1.54, 1.807) is 0 Å². The van der Waals surface area contributed by atoms with Gasteiger partial charge < -0.3 is 5.32 Å². The van der Waals surface area contributed by atoms with Crippen LogP contribution in [0.15, 0.2) is 17.5 Å². The second-order valence-corrected chi connectivity index (χ2v) is 5.34. The second kappa shape index (κ2) is 6.60. The fourth-order valence-electron chi connectivity index (χ4n) is 2.23. The molecule has 0 aliphatic carbocycles. The van der Waals surface area contributed by atoms with Crippen molar-refractivity contribution in [1.29, 1.82) is 0 Å². The summed E-state index contributed by atoms with van der Waals surface area (Å²) < 4.78 is 0. The van der Waals surface area contributed by atoms with Crippen molar-refractivity contribution in [2.45, 2.75) is 31.8 Å². The van der Waals surface area contributed by atoms with Crippen LogP contribution in [0.25, 0.3) is 0 Å². The molecule has 1 aliphatic heterocycles. The fourth-order valence-corrected chi connectivity index (χ4v) is 3.06. The predicted molar refractivity (Wildman–Crippen MR) is 73.6 cm³/mol. The normalized spacial score (nSPS) is 22.8. The zero-order valence-electron chi connectivity index (χ0n) is 9.98. The van der Waals surface area contributed by atoms with E-state index in [0.29, 0.717) is 12.1 Å². The van der Waals surface area contributed by atoms with Crippen LogP contribution >= 0.6 is 23.7 Å². The average Bonchev–Trinajstić information content (AvgIpc) is 2.82. The number of thiophene rings is 1. The van der Waals surface area contributed by atoms with Crippen LogP contribution in [0.4, 0.5) is 0 Å². The number of piperidine rings is 1. The summed E-state index contributed by atoms with van der Waals surface area (Å²) in [5, 5.41) is 5.64. The summed E-state index contributed by atoms with van der Waals surface area (Å²) in [6.45, 7) is 4.64. The van der Waals surface area contributed by atoms with Gasteiger partial charge in [0.1, 0.15) is 0 Å². The zero-order chi connectivity index (χ0) is 10.7. The Hall–Kier alpha value is -0.0900. The van der Waals surface area contributed by atoms with Crippen molar-refractivity contribution in [2.75, 3.05) is 20.1 Å². The Balaban J connectivity index is 0.00000128. The maximum absolute atomic E-state index is 3.48. The monoisotopic (exact) mass is 260 g/mol. The van der Waals surface area contributed by atoms with Gasteiger partial charge in [0, 0.05) is 23.5 Å². The largest absolute Gasteiger partial charge is 0.315 e. The van der Waals surface area contributed by atoms with E-state index in [9.17, 15) is 0 Å². The van der Waals surface area contributed by atoms with Gasteiger partial charge in [-0.2, -0.15) is 0 Å². The molecule has 1 fully saturated rings. The highest BCUT2D eigenvalue weighted by atomic mass is 35.5. The Kier molecular flexibility index (Phi) is 5.76. The summed E-state index contributed by atoms with van der Waals surface area (Å²) in [4.78, 5) is 3.99. The molecule has 2 heterocycles. The van der Waals surface area contributed by atoms with Gasteiger partial charge in [-0.25, -0.2) is 0 Å². The van der Waals surface area contributed by atoms with Crippen LogP contribution in [0.5, 0.6) is 0 Å². The van der Waals surface area contributed by atoms with Crippen molar-refractivity contribution in [3.05, 3.63) is 22.4 Å². The zero-order valence-corrected chi connectivity index (χ0v) is 11.6. The van der Waals surface area contributed by atoms with Crippen LogP contribution in [-0.4, -0.2) is 31.1 Å². The lowest BCUT2D eigenvalue weighted by Gasteiger charge is -2.35. The topological polar surface area (TPSA) is 15.3 Å². The van der Waals surface area contributed by atoms with E-state index in [4.69, 9.17) is 0 Å². The molecule has 1 aromatic heterocycles. The molecule has 1 N–H and O–H groups in total. The third-order valence-corrected chi connectivity index (χ3v) is 4.46. The van der Waals surface area contributed by atoms with Gasteiger partial charge in [-0.15, -0.1) is 23.7 Å². The van der Waals surface area contributed by atoms with E-state index >= 15 is 0 Å². The maximum Gasteiger partial charge on any atom is 0.0413 e. The van der Waals surface area contributed by atoms with Crippen LogP contribution in [-0.2, 0) is 0 Å². The lowest BCUT2D eigenvalue weighted by molar-refractivity contribution is 0.158. The third-order valence-electron chi connectivity index (χ3n) is 3.41. The number of halogens is 1. The number of nitrogens with zero attached hydrogens (tertiary/aromatic N) is 1. The van der Waals surface area contributed by atoms with Crippen molar-refractivity contribution in [1.82, 2.24) is 10.2 Å². The first-order chi connectivity index (χ1) is 7.29. The molecule has 0 saturated carbocycles. The smallest absolute Gasteiger partial charge is 0.0413 e. The van der Waals surface area contributed by atoms with Gasteiger partial charge >= 0.3 is 0 Å². The summed E-state index contributed by atoms with van der Waals surface area (Å²) >= 11 is 1.86. The first-order valence-electron chi connectivity index (χ1n) is 5.75. The molecule has 0 bridgehead atoms. The number of hydrogen-bond acceptors (Lipinski definition) is 3. The third kappa shape index (κ3) is 3.20. The minimum Gasteiger partial charge on any atom is -0.315 e. The Morgan fingerprint density at radius 3 is 2.94 bits per heavy atom.